The third-order valence-corrected chi connectivity index (χ3v) is 3.24. The fourth-order valence-electron chi connectivity index (χ4n) is 2.47. The zero-order valence-corrected chi connectivity index (χ0v) is 8.26. The van der Waals surface area contributed by atoms with Crippen LogP contribution in [0.15, 0.2) is 17.7 Å². The molecule has 1 nitrogen and oxygen atoms in total. The van der Waals surface area contributed by atoms with Gasteiger partial charge in [-0.15, -0.1) is 0 Å². The van der Waals surface area contributed by atoms with E-state index in [1.165, 1.54) is 24.0 Å². The third kappa shape index (κ3) is 0.926. The number of hydrogen-bond donors (Lipinski definition) is 0. The van der Waals surface area contributed by atoms with E-state index in [2.05, 4.69) is 12.1 Å². The molecule has 0 atom stereocenters. The van der Waals surface area contributed by atoms with Crippen molar-refractivity contribution in [3.05, 3.63) is 40.0 Å². The maximum atomic E-state index is 11.7. The first-order valence-electron chi connectivity index (χ1n) is 5.14. The maximum absolute atomic E-state index is 11.7. The molecule has 1 heteroatoms. The highest BCUT2D eigenvalue weighted by Gasteiger charge is 2.22. The van der Waals surface area contributed by atoms with Gasteiger partial charge in [0.15, 0.2) is 5.78 Å². The van der Waals surface area contributed by atoms with Crippen LogP contribution in [0.25, 0.3) is 6.08 Å². The van der Waals surface area contributed by atoms with E-state index in [9.17, 15) is 4.79 Å². The highest BCUT2D eigenvalue weighted by atomic mass is 16.1. The van der Waals surface area contributed by atoms with Crippen LogP contribution in [0.2, 0.25) is 0 Å². The van der Waals surface area contributed by atoms with Crippen molar-refractivity contribution in [1.82, 2.24) is 0 Å². The van der Waals surface area contributed by atoms with E-state index in [1.54, 1.807) is 0 Å². The molecule has 1 aromatic carbocycles. The number of carbonyl (C=O) groups excluding carboxylic acids is 1. The van der Waals surface area contributed by atoms with Crippen molar-refractivity contribution in [3.8, 4) is 0 Å². The Kier molecular flexibility index (Phi) is 1.46. The summed E-state index contributed by atoms with van der Waals surface area (Å²) in [5.41, 5.74) is 5.77. The molecular formula is C13H12O. The molecule has 3 rings (SSSR count). The van der Waals surface area contributed by atoms with Gasteiger partial charge in [-0.05, 0) is 60.6 Å². The molecule has 0 unspecified atom stereocenters. The van der Waals surface area contributed by atoms with E-state index < -0.39 is 0 Å². The van der Waals surface area contributed by atoms with Gasteiger partial charge in [0.05, 0.1) is 0 Å². The predicted molar refractivity (Wildman–Crippen MR) is 56.4 cm³/mol. The van der Waals surface area contributed by atoms with Gasteiger partial charge in [0.2, 0.25) is 0 Å². The molecule has 14 heavy (non-hydrogen) atoms. The summed E-state index contributed by atoms with van der Waals surface area (Å²) in [5, 5.41) is 0. The van der Waals surface area contributed by atoms with Crippen LogP contribution in [0.3, 0.4) is 0 Å². The van der Waals surface area contributed by atoms with Crippen LogP contribution in [-0.2, 0) is 12.8 Å². The predicted octanol–water partition coefficient (Wildman–Crippen LogP) is 2.77. The van der Waals surface area contributed by atoms with E-state index in [4.69, 9.17) is 0 Å². The number of benzene rings is 1. The average Bonchev–Trinajstić information content (AvgIpc) is 2.70. The second kappa shape index (κ2) is 2.57. The second-order valence-electron chi connectivity index (χ2n) is 4.22. The summed E-state index contributed by atoms with van der Waals surface area (Å²) in [5.74, 6) is 0.217. The summed E-state index contributed by atoms with van der Waals surface area (Å²) < 4.78 is 0. The van der Waals surface area contributed by atoms with Gasteiger partial charge >= 0.3 is 0 Å². The van der Waals surface area contributed by atoms with E-state index >= 15 is 0 Å². The zero-order chi connectivity index (χ0) is 9.71. The van der Waals surface area contributed by atoms with Gasteiger partial charge in [-0.1, -0.05) is 6.07 Å². The standard InChI is InChI=1S/C13H12O/c1-8-5-11-6-9-3-2-4-10(9)7-12(11)13(8)14/h5-7H,2-4H2,1H3. The first kappa shape index (κ1) is 7.98. The molecule has 0 aliphatic heterocycles. The molecule has 1 aromatic rings. The molecule has 0 fully saturated rings. The van der Waals surface area contributed by atoms with Crippen molar-refractivity contribution < 1.29 is 4.79 Å². The number of hydrogen-bond acceptors (Lipinski definition) is 1. The number of carbonyl (C=O) groups is 1. The molecule has 2 aliphatic carbocycles. The van der Waals surface area contributed by atoms with Crippen molar-refractivity contribution in [2.75, 3.05) is 0 Å². The lowest BCUT2D eigenvalue weighted by atomic mass is 10.0. The molecule has 0 radical (unpaired) electrons. The molecule has 0 aromatic heterocycles. The van der Waals surface area contributed by atoms with Gasteiger partial charge in [-0.25, -0.2) is 0 Å². The van der Waals surface area contributed by atoms with E-state index in [0.717, 1.165) is 23.1 Å². The van der Waals surface area contributed by atoms with Gasteiger partial charge in [0.1, 0.15) is 0 Å². The Morgan fingerprint density at radius 3 is 2.64 bits per heavy atom. The molecule has 2 aliphatic rings. The molecule has 0 saturated heterocycles. The normalized spacial score (nSPS) is 18.1. The molecule has 0 saturated carbocycles. The molecule has 70 valence electrons. The third-order valence-electron chi connectivity index (χ3n) is 3.24. The summed E-state index contributed by atoms with van der Waals surface area (Å²) >= 11 is 0. The number of fused-ring (bicyclic) bond motifs is 2. The molecule has 0 bridgehead atoms. The van der Waals surface area contributed by atoms with Crippen LogP contribution in [0.5, 0.6) is 0 Å². The van der Waals surface area contributed by atoms with Gasteiger partial charge in [-0.2, -0.15) is 0 Å². The van der Waals surface area contributed by atoms with Crippen LogP contribution in [0.4, 0.5) is 0 Å². The van der Waals surface area contributed by atoms with Crippen molar-refractivity contribution in [2.24, 2.45) is 0 Å². The average molecular weight is 184 g/mol. The number of aryl methyl sites for hydroxylation is 2. The van der Waals surface area contributed by atoms with Gasteiger partial charge in [-0.3, -0.25) is 4.79 Å². The fraction of sp³-hybridized carbons (Fsp3) is 0.308. The highest BCUT2D eigenvalue weighted by molar-refractivity contribution is 6.17. The highest BCUT2D eigenvalue weighted by Crippen LogP contribution is 2.31. The van der Waals surface area contributed by atoms with Crippen molar-refractivity contribution >= 4 is 11.9 Å². The quantitative estimate of drug-likeness (QED) is 0.606. The van der Waals surface area contributed by atoms with Gasteiger partial charge in [0, 0.05) is 5.56 Å². The Labute approximate surface area is 83.4 Å². The smallest absolute Gasteiger partial charge is 0.189 e. The SMILES string of the molecule is CC1=Cc2cc3c(cc2C1=O)CCC3. The monoisotopic (exact) mass is 184 g/mol. The summed E-state index contributed by atoms with van der Waals surface area (Å²) in [6, 6.07) is 4.30. The summed E-state index contributed by atoms with van der Waals surface area (Å²) in [6.45, 7) is 1.90. The van der Waals surface area contributed by atoms with E-state index in [-0.39, 0.29) is 5.78 Å². The second-order valence-corrected chi connectivity index (χ2v) is 4.22. The van der Waals surface area contributed by atoms with Gasteiger partial charge in [0.25, 0.3) is 0 Å². The van der Waals surface area contributed by atoms with Crippen LogP contribution in [0, 0.1) is 0 Å². The number of ketones is 1. The Balaban J connectivity index is 2.23. The first-order valence-corrected chi connectivity index (χ1v) is 5.14. The molecule has 0 N–H and O–H groups in total. The first-order chi connectivity index (χ1) is 6.75. The van der Waals surface area contributed by atoms with Crippen molar-refractivity contribution in [2.45, 2.75) is 26.2 Å². The number of allylic oxidation sites excluding steroid dienone is 1. The lowest BCUT2D eigenvalue weighted by Crippen LogP contribution is -1.97. The minimum Gasteiger partial charge on any atom is -0.289 e. The Morgan fingerprint density at radius 1 is 1.14 bits per heavy atom. The number of Topliss-reactive ketones (excluding diaryl/α,β-unsaturated/α-hetero) is 1. The van der Waals surface area contributed by atoms with Crippen LogP contribution in [0.1, 0.15) is 40.4 Å². The van der Waals surface area contributed by atoms with Crippen LogP contribution < -0.4 is 0 Å². The summed E-state index contributed by atoms with van der Waals surface area (Å²) in [4.78, 5) is 11.7. The number of rotatable bonds is 0. The Hall–Kier alpha value is -1.37. The minimum absolute atomic E-state index is 0.217. The maximum Gasteiger partial charge on any atom is 0.189 e. The molecular weight excluding hydrogens is 172 g/mol. The van der Waals surface area contributed by atoms with Crippen molar-refractivity contribution in [1.29, 1.82) is 0 Å². The lowest BCUT2D eigenvalue weighted by Gasteiger charge is -2.02. The lowest BCUT2D eigenvalue weighted by molar-refractivity contribution is 0.103. The fourth-order valence-corrected chi connectivity index (χ4v) is 2.47. The van der Waals surface area contributed by atoms with Gasteiger partial charge < -0.3 is 0 Å². The Morgan fingerprint density at radius 2 is 1.86 bits per heavy atom. The summed E-state index contributed by atoms with van der Waals surface area (Å²) in [7, 11) is 0. The summed E-state index contributed by atoms with van der Waals surface area (Å²) in [6.07, 6.45) is 5.59. The van der Waals surface area contributed by atoms with Crippen LogP contribution >= 0.6 is 0 Å². The zero-order valence-electron chi connectivity index (χ0n) is 8.26. The molecule has 0 spiro atoms. The molecule has 0 amide bonds. The minimum atomic E-state index is 0.217. The van der Waals surface area contributed by atoms with Crippen LogP contribution in [-0.4, -0.2) is 5.78 Å². The van der Waals surface area contributed by atoms with E-state index in [1.807, 2.05) is 13.0 Å². The largest absolute Gasteiger partial charge is 0.289 e. The van der Waals surface area contributed by atoms with Crippen molar-refractivity contribution in [3.63, 3.8) is 0 Å². The topological polar surface area (TPSA) is 17.1 Å². The Bertz CT molecular complexity index is 466. The van der Waals surface area contributed by atoms with E-state index in [0.29, 0.717) is 0 Å². The molecule has 0 heterocycles.